The first-order valence-electron chi connectivity index (χ1n) is 10.8. The van der Waals surface area contributed by atoms with Crippen molar-refractivity contribution in [2.24, 2.45) is 4.99 Å². The Morgan fingerprint density at radius 2 is 2.10 bits per heavy atom. The van der Waals surface area contributed by atoms with Crippen molar-refractivity contribution in [2.45, 2.75) is 57.8 Å². The molecule has 0 bridgehead atoms. The molecule has 2 aliphatic heterocycles. The van der Waals surface area contributed by atoms with Crippen LogP contribution in [0.15, 0.2) is 23.2 Å². The van der Waals surface area contributed by atoms with Crippen molar-refractivity contribution < 1.29 is 19.3 Å². The summed E-state index contributed by atoms with van der Waals surface area (Å²) in [4.78, 5) is 7.06. The Morgan fingerprint density at radius 3 is 2.76 bits per heavy atom. The molecule has 2 N–H and O–H groups in total. The summed E-state index contributed by atoms with van der Waals surface area (Å²) in [5, 5.41) is 13.3. The van der Waals surface area contributed by atoms with Gasteiger partial charge >= 0.3 is 0 Å². The van der Waals surface area contributed by atoms with Gasteiger partial charge in [-0.1, -0.05) is 6.07 Å². The van der Waals surface area contributed by atoms with E-state index in [1.54, 1.807) is 19.2 Å². The fourth-order valence-electron chi connectivity index (χ4n) is 3.84. The van der Waals surface area contributed by atoms with Crippen LogP contribution in [0.2, 0.25) is 0 Å². The first kappa shape index (κ1) is 21.7. The molecule has 3 rings (SSSR count). The van der Waals surface area contributed by atoms with Gasteiger partial charge in [0.25, 0.3) is 0 Å². The molecule has 7 heteroatoms. The van der Waals surface area contributed by atoms with Gasteiger partial charge in [-0.05, 0) is 56.7 Å². The van der Waals surface area contributed by atoms with Crippen molar-refractivity contribution in [2.75, 3.05) is 40.0 Å². The topological polar surface area (TPSA) is 75.6 Å². The zero-order valence-corrected chi connectivity index (χ0v) is 17.7. The second kappa shape index (κ2) is 11.3. The molecule has 2 fully saturated rings. The van der Waals surface area contributed by atoms with E-state index in [0.717, 1.165) is 63.6 Å². The van der Waals surface area contributed by atoms with E-state index in [9.17, 15) is 5.11 Å². The highest BCUT2D eigenvalue weighted by atomic mass is 16.5. The molecule has 29 heavy (non-hydrogen) atoms. The van der Waals surface area contributed by atoms with Gasteiger partial charge in [-0.3, -0.25) is 0 Å². The van der Waals surface area contributed by atoms with E-state index in [-0.39, 0.29) is 11.9 Å². The minimum absolute atomic E-state index is 0.144. The van der Waals surface area contributed by atoms with E-state index in [0.29, 0.717) is 18.4 Å². The van der Waals surface area contributed by atoms with Crippen LogP contribution in [-0.2, 0) is 16.0 Å². The number of methoxy groups -OCH3 is 1. The average Bonchev–Trinajstić information content (AvgIpc) is 2.76. The zero-order chi connectivity index (χ0) is 20.5. The van der Waals surface area contributed by atoms with Crippen LogP contribution < -0.4 is 10.1 Å². The zero-order valence-electron chi connectivity index (χ0n) is 17.7. The molecule has 0 radical (unpaired) electrons. The van der Waals surface area contributed by atoms with Crippen molar-refractivity contribution in [3.63, 3.8) is 0 Å². The van der Waals surface area contributed by atoms with E-state index >= 15 is 0 Å². The van der Waals surface area contributed by atoms with Crippen molar-refractivity contribution >= 4 is 5.96 Å². The first-order chi connectivity index (χ1) is 14.2. The van der Waals surface area contributed by atoms with Crippen molar-refractivity contribution in [3.05, 3.63) is 23.8 Å². The number of ether oxygens (including phenoxy) is 3. The van der Waals surface area contributed by atoms with E-state index in [2.05, 4.69) is 17.1 Å². The number of likely N-dealkylation sites (tertiary alicyclic amines) is 1. The lowest BCUT2D eigenvalue weighted by Gasteiger charge is -2.35. The Hall–Kier alpha value is -1.99. The normalized spacial score (nSPS) is 21.2. The summed E-state index contributed by atoms with van der Waals surface area (Å²) in [5.74, 6) is 1.53. The summed E-state index contributed by atoms with van der Waals surface area (Å²) in [6, 6.07) is 5.41. The van der Waals surface area contributed by atoms with Crippen molar-refractivity contribution in [1.82, 2.24) is 10.2 Å². The predicted octanol–water partition coefficient (Wildman–Crippen LogP) is 2.92. The molecule has 1 aromatic rings. The number of rotatable bonds is 7. The van der Waals surface area contributed by atoms with Crippen LogP contribution in [-0.4, -0.2) is 68.1 Å². The molecule has 7 nitrogen and oxygen atoms in total. The van der Waals surface area contributed by atoms with Gasteiger partial charge in [0, 0.05) is 26.2 Å². The van der Waals surface area contributed by atoms with Gasteiger partial charge < -0.3 is 29.5 Å². The molecule has 2 aliphatic rings. The maximum Gasteiger partial charge on any atom is 0.194 e. The van der Waals surface area contributed by atoms with Crippen LogP contribution in [0.25, 0.3) is 0 Å². The van der Waals surface area contributed by atoms with Crippen LogP contribution in [0.3, 0.4) is 0 Å². The maximum absolute atomic E-state index is 9.96. The van der Waals surface area contributed by atoms with Gasteiger partial charge in [0.05, 0.1) is 32.5 Å². The summed E-state index contributed by atoms with van der Waals surface area (Å²) in [5.41, 5.74) is 0.949. The molecule has 0 amide bonds. The molecule has 1 aromatic carbocycles. The third-order valence-corrected chi connectivity index (χ3v) is 5.52. The van der Waals surface area contributed by atoms with Crippen LogP contribution in [0.5, 0.6) is 11.5 Å². The van der Waals surface area contributed by atoms with Crippen LogP contribution in [0.4, 0.5) is 0 Å². The highest BCUT2D eigenvalue weighted by Crippen LogP contribution is 2.26. The molecular weight excluding hydrogens is 370 g/mol. The third kappa shape index (κ3) is 6.51. The van der Waals surface area contributed by atoms with Gasteiger partial charge in [-0.2, -0.15) is 0 Å². The number of hydrogen-bond acceptors (Lipinski definition) is 5. The van der Waals surface area contributed by atoms with Crippen LogP contribution in [0, 0.1) is 0 Å². The SMILES string of the molecule is CCNC(=NCc1ccc(OC)c(O)c1)N1CCC(OCC2CCCCO2)CC1. The number of nitrogens with zero attached hydrogens (tertiary/aromatic N) is 2. The molecule has 1 atom stereocenters. The number of nitrogens with one attached hydrogen (secondary N) is 1. The smallest absolute Gasteiger partial charge is 0.194 e. The quantitative estimate of drug-likeness (QED) is 0.537. The predicted molar refractivity (Wildman–Crippen MR) is 114 cm³/mol. The Kier molecular flexibility index (Phi) is 8.43. The number of aromatic hydroxyl groups is 1. The van der Waals surface area contributed by atoms with Crippen molar-refractivity contribution in [3.8, 4) is 11.5 Å². The van der Waals surface area contributed by atoms with Gasteiger partial charge in [-0.15, -0.1) is 0 Å². The Labute approximate surface area is 174 Å². The number of benzene rings is 1. The van der Waals surface area contributed by atoms with Gasteiger partial charge in [-0.25, -0.2) is 4.99 Å². The number of phenolic OH excluding ortho intramolecular Hbond substituents is 1. The Morgan fingerprint density at radius 1 is 1.28 bits per heavy atom. The number of phenols is 1. The number of guanidine groups is 1. The first-order valence-corrected chi connectivity index (χ1v) is 10.8. The van der Waals surface area contributed by atoms with Crippen molar-refractivity contribution in [1.29, 1.82) is 0 Å². The third-order valence-electron chi connectivity index (χ3n) is 5.52. The highest BCUT2D eigenvalue weighted by Gasteiger charge is 2.23. The fraction of sp³-hybridized carbons (Fsp3) is 0.682. The summed E-state index contributed by atoms with van der Waals surface area (Å²) < 4.78 is 17.0. The molecule has 0 spiro atoms. The minimum atomic E-state index is 0.144. The minimum Gasteiger partial charge on any atom is -0.504 e. The average molecular weight is 406 g/mol. The number of hydrogen-bond donors (Lipinski definition) is 2. The fourth-order valence-corrected chi connectivity index (χ4v) is 3.84. The monoisotopic (exact) mass is 405 g/mol. The van der Waals surface area contributed by atoms with Gasteiger partial charge in [0.2, 0.25) is 0 Å². The lowest BCUT2D eigenvalue weighted by Crippen LogP contribution is -2.47. The van der Waals surface area contributed by atoms with E-state index < -0.39 is 0 Å². The highest BCUT2D eigenvalue weighted by molar-refractivity contribution is 5.80. The van der Waals surface area contributed by atoms with E-state index in [1.807, 2.05) is 6.07 Å². The number of aliphatic imine (C=N–C) groups is 1. The number of piperidine rings is 1. The molecular formula is C22H35N3O4. The molecule has 0 aromatic heterocycles. The van der Waals surface area contributed by atoms with E-state index in [4.69, 9.17) is 19.2 Å². The van der Waals surface area contributed by atoms with E-state index in [1.165, 1.54) is 12.8 Å². The standard InChI is InChI=1S/C22H35N3O4/c1-3-23-22(24-15-17-7-8-21(27-2)20(26)14-17)25-11-9-18(10-12-25)29-16-19-6-4-5-13-28-19/h7-8,14,18-19,26H,3-6,9-13,15-16H2,1-2H3,(H,23,24). The summed E-state index contributed by atoms with van der Waals surface area (Å²) in [6.45, 7) is 6.86. The Balaban J connectivity index is 1.49. The lowest BCUT2D eigenvalue weighted by molar-refractivity contribution is -0.0721. The molecule has 0 aliphatic carbocycles. The second-order valence-corrected chi connectivity index (χ2v) is 7.68. The second-order valence-electron chi connectivity index (χ2n) is 7.68. The lowest BCUT2D eigenvalue weighted by atomic mass is 10.1. The molecule has 0 saturated carbocycles. The Bertz CT molecular complexity index is 653. The van der Waals surface area contributed by atoms with Gasteiger partial charge in [0.15, 0.2) is 17.5 Å². The summed E-state index contributed by atoms with van der Waals surface area (Å²) in [6.07, 6.45) is 6.14. The maximum atomic E-state index is 9.96. The summed E-state index contributed by atoms with van der Waals surface area (Å²) >= 11 is 0. The van der Waals surface area contributed by atoms with Crippen LogP contribution in [0.1, 0.15) is 44.6 Å². The molecule has 1 unspecified atom stereocenters. The molecule has 162 valence electrons. The van der Waals surface area contributed by atoms with Gasteiger partial charge in [0.1, 0.15) is 0 Å². The van der Waals surface area contributed by atoms with Crippen LogP contribution >= 0.6 is 0 Å². The molecule has 2 heterocycles. The largest absolute Gasteiger partial charge is 0.504 e. The summed E-state index contributed by atoms with van der Waals surface area (Å²) in [7, 11) is 1.55. The molecule has 2 saturated heterocycles.